The summed E-state index contributed by atoms with van der Waals surface area (Å²) in [6, 6.07) is 3.22. The Kier molecular flexibility index (Phi) is 4.29. The molecule has 1 saturated carbocycles. The highest BCUT2D eigenvalue weighted by atomic mass is 32.2. The molecule has 0 unspecified atom stereocenters. The first kappa shape index (κ1) is 14.5. The predicted octanol–water partition coefficient (Wildman–Crippen LogP) is 0.579. The lowest BCUT2D eigenvalue weighted by Gasteiger charge is -2.31. The molecule has 0 amide bonds. The van der Waals surface area contributed by atoms with Gasteiger partial charge in [-0.25, -0.2) is 13.1 Å². The third-order valence-corrected chi connectivity index (χ3v) is 4.41. The molecular weight excluding hydrogens is 268 g/mol. The highest BCUT2D eigenvalue weighted by Gasteiger charge is 2.32. The minimum atomic E-state index is -3.62. The molecule has 1 aliphatic rings. The summed E-state index contributed by atoms with van der Waals surface area (Å²) in [6.07, 6.45) is 0.527. The lowest BCUT2D eigenvalue weighted by molar-refractivity contribution is 0.0710. The van der Waals surface area contributed by atoms with E-state index in [1.165, 1.54) is 6.07 Å². The van der Waals surface area contributed by atoms with Crippen LogP contribution in [0.3, 0.4) is 0 Å². The molecular formula is C12H20N2O4S. The second kappa shape index (κ2) is 5.62. The van der Waals surface area contributed by atoms with E-state index in [9.17, 15) is 8.42 Å². The topological polar surface area (TPSA) is 91.6 Å². The van der Waals surface area contributed by atoms with Crippen LogP contribution >= 0.6 is 0 Å². The van der Waals surface area contributed by atoms with Crippen molar-refractivity contribution in [2.24, 2.45) is 0 Å². The van der Waals surface area contributed by atoms with Gasteiger partial charge in [-0.05, 0) is 25.0 Å². The van der Waals surface area contributed by atoms with Crippen LogP contribution in [-0.2, 0) is 16.6 Å². The molecule has 0 radical (unpaired) electrons. The van der Waals surface area contributed by atoms with Crippen molar-refractivity contribution < 1.29 is 17.9 Å². The van der Waals surface area contributed by atoms with Crippen molar-refractivity contribution in [1.82, 2.24) is 10.0 Å². The van der Waals surface area contributed by atoms with Gasteiger partial charge in [0.05, 0.1) is 12.6 Å². The van der Waals surface area contributed by atoms with Gasteiger partial charge < -0.3 is 14.8 Å². The van der Waals surface area contributed by atoms with Crippen LogP contribution in [0.25, 0.3) is 0 Å². The molecule has 1 heterocycles. The first-order chi connectivity index (χ1) is 8.87. The molecule has 0 aromatic carbocycles. The van der Waals surface area contributed by atoms with E-state index >= 15 is 0 Å². The molecule has 2 rings (SSSR count). The largest absolute Gasteiger partial charge is 0.447 e. The molecule has 108 valence electrons. The summed E-state index contributed by atoms with van der Waals surface area (Å²) in [5.74, 6) is 0.586. The normalized spacial score (nSPS) is 23.6. The fraction of sp³-hybridized carbons (Fsp3) is 0.667. The van der Waals surface area contributed by atoms with Gasteiger partial charge in [-0.15, -0.1) is 0 Å². The maximum atomic E-state index is 12.0. The lowest BCUT2D eigenvalue weighted by Crippen LogP contribution is -2.46. The van der Waals surface area contributed by atoms with Crippen LogP contribution in [0.15, 0.2) is 21.6 Å². The van der Waals surface area contributed by atoms with Crippen molar-refractivity contribution in [2.75, 3.05) is 0 Å². The van der Waals surface area contributed by atoms with Gasteiger partial charge in [0.15, 0.2) is 0 Å². The van der Waals surface area contributed by atoms with E-state index in [1.54, 1.807) is 6.07 Å². The Balaban J connectivity index is 1.96. The summed E-state index contributed by atoms with van der Waals surface area (Å²) in [5.41, 5.74) is 0. The maximum absolute atomic E-state index is 12.0. The number of nitrogens with one attached hydrogen (secondary N) is 2. The first-order valence-electron chi connectivity index (χ1n) is 6.39. The van der Waals surface area contributed by atoms with Crippen LogP contribution in [-0.4, -0.2) is 31.7 Å². The summed E-state index contributed by atoms with van der Waals surface area (Å²) in [4.78, 5) is 0. The Bertz CT molecular complexity index is 518. The Morgan fingerprint density at radius 3 is 2.68 bits per heavy atom. The maximum Gasteiger partial charge on any atom is 0.274 e. The molecule has 3 N–H and O–H groups in total. The molecule has 0 aliphatic heterocycles. The SMILES string of the molecule is CC(C)NCc1ccc(S(=O)(=O)NC2CC(O)C2)o1. The van der Waals surface area contributed by atoms with E-state index in [0.29, 0.717) is 31.2 Å². The third kappa shape index (κ3) is 3.79. The second-order valence-electron chi connectivity index (χ2n) is 5.20. The van der Waals surface area contributed by atoms with E-state index in [4.69, 9.17) is 9.52 Å². The number of rotatable bonds is 6. The summed E-state index contributed by atoms with van der Waals surface area (Å²) in [6.45, 7) is 4.50. The van der Waals surface area contributed by atoms with Crippen molar-refractivity contribution in [1.29, 1.82) is 0 Å². The van der Waals surface area contributed by atoms with Crippen molar-refractivity contribution in [3.05, 3.63) is 17.9 Å². The second-order valence-corrected chi connectivity index (χ2v) is 6.84. The molecule has 0 saturated heterocycles. The zero-order valence-electron chi connectivity index (χ0n) is 11.1. The van der Waals surface area contributed by atoms with Gasteiger partial charge in [-0.2, -0.15) is 0 Å². The lowest BCUT2D eigenvalue weighted by atomic mass is 9.91. The first-order valence-corrected chi connectivity index (χ1v) is 7.87. The zero-order valence-corrected chi connectivity index (χ0v) is 11.9. The van der Waals surface area contributed by atoms with E-state index in [2.05, 4.69) is 10.0 Å². The average Bonchev–Trinajstić information content (AvgIpc) is 2.73. The van der Waals surface area contributed by atoms with Crippen molar-refractivity contribution >= 4 is 10.0 Å². The molecule has 0 atom stereocenters. The minimum Gasteiger partial charge on any atom is -0.447 e. The van der Waals surface area contributed by atoms with Crippen molar-refractivity contribution in [3.8, 4) is 0 Å². The van der Waals surface area contributed by atoms with E-state index in [-0.39, 0.29) is 11.1 Å². The molecule has 6 nitrogen and oxygen atoms in total. The van der Waals surface area contributed by atoms with Crippen molar-refractivity contribution in [3.63, 3.8) is 0 Å². The van der Waals surface area contributed by atoms with Gasteiger partial charge in [-0.1, -0.05) is 13.8 Å². The summed E-state index contributed by atoms with van der Waals surface area (Å²) in [5, 5.41) is 12.2. The molecule has 0 bridgehead atoms. The molecule has 1 fully saturated rings. The predicted molar refractivity (Wildman–Crippen MR) is 70.0 cm³/mol. The number of aliphatic hydroxyl groups is 1. The Hall–Kier alpha value is -0.890. The summed E-state index contributed by atoms with van der Waals surface area (Å²) >= 11 is 0. The van der Waals surface area contributed by atoms with Crippen LogP contribution in [0.2, 0.25) is 0 Å². The third-order valence-electron chi connectivity index (χ3n) is 3.02. The quantitative estimate of drug-likeness (QED) is 0.712. The Labute approximate surface area is 113 Å². The Morgan fingerprint density at radius 1 is 1.42 bits per heavy atom. The van der Waals surface area contributed by atoms with Crippen LogP contribution in [0, 0.1) is 0 Å². The van der Waals surface area contributed by atoms with E-state index in [0.717, 1.165) is 0 Å². The number of aliphatic hydroxyl groups excluding tert-OH is 1. The smallest absolute Gasteiger partial charge is 0.274 e. The molecule has 7 heteroatoms. The Morgan fingerprint density at radius 2 is 2.11 bits per heavy atom. The monoisotopic (exact) mass is 288 g/mol. The van der Waals surface area contributed by atoms with Crippen LogP contribution in [0.4, 0.5) is 0 Å². The molecule has 19 heavy (non-hydrogen) atoms. The van der Waals surface area contributed by atoms with Gasteiger partial charge >= 0.3 is 0 Å². The fourth-order valence-corrected chi connectivity index (χ4v) is 3.08. The highest BCUT2D eigenvalue weighted by Crippen LogP contribution is 2.22. The van der Waals surface area contributed by atoms with Crippen LogP contribution in [0.5, 0.6) is 0 Å². The van der Waals surface area contributed by atoms with Crippen molar-refractivity contribution in [2.45, 2.75) is 56.5 Å². The number of hydrogen-bond donors (Lipinski definition) is 3. The molecule has 1 aromatic rings. The molecule has 0 spiro atoms. The molecule has 1 aliphatic carbocycles. The minimum absolute atomic E-state index is 0.0746. The van der Waals surface area contributed by atoms with Gasteiger partial charge in [0, 0.05) is 12.1 Å². The number of furan rings is 1. The summed E-state index contributed by atoms with van der Waals surface area (Å²) in [7, 11) is -3.62. The number of sulfonamides is 1. The van der Waals surface area contributed by atoms with Gasteiger partial charge in [-0.3, -0.25) is 0 Å². The van der Waals surface area contributed by atoms with Crippen LogP contribution < -0.4 is 10.0 Å². The van der Waals surface area contributed by atoms with E-state index < -0.39 is 16.1 Å². The fourth-order valence-electron chi connectivity index (χ4n) is 1.86. The molecule has 1 aromatic heterocycles. The zero-order chi connectivity index (χ0) is 14.0. The standard InChI is InChI=1S/C12H20N2O4S/c1-8(2)13-7-11-3-4-12(18-11)19(16,17)14-9-5-10(15)6-9/h3-4,8-10,13-15H,5-7H2,1-2H3. The summed E-state index contributed by atoms with van der Waals surface area (Å²) < 4.78 is 31.8. The number of hydrogen-bond acceptors (Lipinski definition) is 5. The van der Waals surface area contributed by atoms with Gasteiger partial charge in [0.25, 0.3) is 10.0 Å². The van der Waals surface area contributed by atoms with Gasteiger partial charge in [0.2, 0.25) is 5.09 Å². The van der Waals surface area contributed by atoms with Crippen LogP contribution in [0.1, 0.15) is 32.4 Å². The van der Waals surface area contributed by atoms with E-state index in [1.807, 2.05) is 13.8 Å². The van der Waals surface area contributed by atoms with Gasteiger partial charge in [0.1, 0.15) is 5.76 Å². The average molecular weight is 288 g/mol. The highest BCUT2D eigenvalue weighted by molar-refractivity contribution is 7.89.